The van der Waals surface area contributed by atoms with Crippen LogP contribution in [0.4, 0.5) is 0 Å². The minimum Gasteiger partial charge on any atom is -0.352 e. The molecule has 0 radical (unpaired) electrons. The van der Waals surface area contributed by atoms with Crippen molar-refractivity contribution in [2.24, 2.45) is 0 Å². The summed E-state index contributed by atoms with van der Waals surface area (Å²) in [5, 5.41) is 9.87. The van der Waals surface area contributed by atoms with Crippen LogP contribution in [0.2, 0.25) is 0 Å². The number of carbonyl (C=O) groups excluding carboxylic acids is 1. The maximum absolute atomic E-state index is 11.5. The van der Waals surface area contributed by atoms with E-state index in [0.29, 0.717) is 19.5 Å². The van der Waals surface area contributed by atoms with Gasteiger partial charge in [-0.25, -0.2) is 9.67 Å². The van der Waals surface area contributed by atoms with Crippen LogP contribution in [-0.4, -0.2) is 34.3 Å². The zero-order chi connectivity index (χ0) is 13.5. The van der Waals surface area contributed by atoms with Gasteiger partial charge in [-0.2, -0.15) is 5.10 Å². The van der Waals surface area contributed by atoms with Gasteiger partial charge in [0.15, 0.2) is 0 Å². The number of nitrogens with zero attached hydrogens (tertiary/aromatic N) is 3. The summed E-state index contributed by atoms with van der Waals surface area (Å²) in [4.78, 5) is 15.4. The Hall–Kier alpha value is -2.21. The van der Waals surface area contributed by atoms with Gasteiger partial charge in [0.1, 0.15) is 12.7 Å². The first-order chi connectivity index (χ1) is 9.29. The topological polar surface area (TPSA) is 71.8 Å². The molecule has 0 bridgehead atoms. The van der Waals surface area contributed by atoms with Crippen molar-refractivity contribution in [3.63, 3.8) is 0 Å². The monoisotopic (exact) mass is 259 g/mol. The summed E-state index contributed by atoms with van der Waals surface area (Å²) in [5.41, 5.74) is 2.00. The van der Waals surface area contributed by atoms with E-state index >= 15 is 0 Å². The lowest BCUT2D eigenvalue weighted by atomic mass is 10.2. The first kappa shape index (κ1) is 13.2. The van der Waals surface area contributed by atoms with E-state index in [9.17, 15) is 4.79 Å². The highest BCUT2D eigenvalue weighted by atomic mass is 16.1. The predicted molar refractivity (Wildman–Crippen MR) is 71.7 cm³/mol. The number of aromatic nitrogens is 3. The van der Waals surface area contributed by atoms with E-state index in [2.05, 4.69) is 20.7 Å². The number of rotatable bonds is 6. The molecule has 0 aliphatic heterocycles. The largest absolute Gasteiger partial charge is 0.352 e. The number of amides is 1. The molecule has 100 valence electrons. The van der Waals surface area contributed by atoms with Crippen molar-refractivity contribution in [1.82, 2.24) is 25.4 Å². The van der Waals surface area contributed by atoms with Crippen molar-refractivity contribution in [2.75, 3.05) is 13.6 Å². The Morgan fingerprint density at radius 2 is 2.11 bits per heavy atom. The van der Waals surface area contributed by atoms with Crippen LogP contribution >= 0.6 is 0 Å². The Labute approximate surface area is 111 Å². The summed E-state index contributed by atoms with van der Waals surface area (Å²) >= 11 is 0. The predicted octanol–water partition coefficient (Wildman–Crippen LogP) is 0.493. The van der Waals surface area contributed by atoms with Crippen LogP contribution in [0.5, 0.6) is 0 Å². The van der Waals surface area contributed by atoms with E-state index in [1.165, 1.54) is 6.33 Å². The van der Waals surface area contributed by atoms with E-state index in [0.717, 1.165) is 11.3 Å². The summed E-state index contributed by atoms with van der Waals surface area (Å²) in [6, 6.07) is 7.83. The molecule has 1 amide bonds. The molecular formula is C13H17N5O. The third kappa shape index (κ3) is 3.89. The first-order valence-electron chi connectivity index (χ1n) is 6.15. The standard InChI is InChI=1S/C13H17N5O/c1-14-7-6-13(19)16-8-11-2-4-12(5-3-11)18-10-15-9-17-18/h2-5,9-10,14H,6-8H2,1H3,(H,16,19). The summed E-state index contributed by atoms with van der Waals surface area (Å²) in [6.45, 7) is 1.23. The second kappa shape index (κ2) is 6.65. The van der Waals surface area contributed by atoms with Crippen LogP contribution in [-0.2, 0) is 11.3 Å². The van der Waals surface area contributed by atoms with Crippen LogP contribution in [0.25, 0.3) is 5.69 Å². The normalized spacial score (nSPS) is 10.4. The van der Waals surface area contributed by atoms with Crippen LogP contribution in [0.3, 0.4) is 0 Å². The first-order valence-corrected chi connectivity index (χ1v) is 6.15. The van der Waals surface area contributed by atoms with E-state index in [1.54, 1.807) is 11.0 Å². The van der Waals surface area contributed by atoms with Crippen molar-refractivity contribution >= 4 is 5.91 Å². The third-order valence-corrected chi connectivity index (χ3v) is 2.71. The van der Waals surface area contributed by atoms with Crippen molar-refractivity contribution in [3.05, 3.63) is 42.5 Å². The van der Waals surface area contributed by atoms with Crippen LogP contribution in [0, 0.1) is 0 Å². The fraction of sp³-hybridized carbons (Fsp3) is 0.308. The number of hydrogen-bond donors (Lipinski definition) is 2. The molecule has 0 atom stereocenters. The van der Waals surface area contributed by atoms with Gasteiger partial charge in [-0.1, -0.05) is 12.1 Å². The Morgan fingerprint density at radius 1 is 1.32 bits per heavy atom. The van der Waals surface area contributed by atoms with Crippen LogP contribution in [0.1, 0.15) is 12.0 Å². The van der Waals surface area contributed by atoms with Crippen molar-refractivity contribution in [1.29, 1.82) is 0 Å². The molecule has 0 spiro atoms. The van der Waals surface area contributed by atoms with E-state index in [-0.39, 0.29) is 5.91 Å². The maximum atomic E-state index is 11.5. The molecule has 6 nitrogen and oxygen atoms in total. The molecule has 2 rings (SSSR count). The Bertz CT molecular complexity index is 506. The molecule has 0 fully saturated rings. The zero-order valence-corrected chi connectivity index (χ0v) is 10.8. The fourth-order valence-electron chi connectivity index (χ4n) is 1.64. The Balaban J connectivity index is 1.87. The van der Waals surface area contributed by atoms with Crippen LogP contribution < -0.4 is 10.6 Å². The maximum Gasteiger partial charge on any atom is 0.221 e. The summed E-state index contributed by atoms with van der Waals surface area (Å²) in [7, 11) is 1.83. The molecule has 6 heteroatoms. The molecule has 0 unspecified atom stereocenters. The van der Waals surface area contributed by atoms with Crippen molar-refractivity contribution in [2.45, 2.75) is 13.0 Å². The average molecular weight is 259 g/mol. The molecule has 0 saturated carbocycles. The number of hydrogen-bond acceptors (Lipinski definition) is 4. The van der Waals surface area contributed by atoms with Gasteiger partial charge in [-0.3, -0.25) is 4.79 Å². The Morgan fingerprint density at radius 3 is 2.74 bits per heavy atom. The van der Waals surface area contributed by atoms with Gasteiger partial charge in [0.2, 0.25) is 5.91 Å². The lowest BCUT2D eigenvalue weighted by Gasteiger charge is -2.06. The highest BCUT2D eigenvalue weighted by Gasteiger charge is 2.01. The Kier molecular flexibility index (Phi) is 4.63. The third-order valence-electron chi connectivity index (χ3n) is 2.71. The van der Waals surface area contributed by atoms with Gasteiger partial charge < -0.3 is 10.6 Å². The van der Waals surface area contributed by atoms with Gasteiger partial charge in [0, 0.05) is 19.5 Å². The minimum atomic E-state index is 0.0507. The quantitative estimate of drug-likeness (QED) is 0.792. The fourth-order valence-corrected chi connectivity index (χ4v) is 1.64. The lowest BCUT2D eigenvalue weighted by Crippen LogP contribution is -2.26. The van der Waals surface area contributed by atoms with Crippen LogP contribution in [0.15, 0.2) is 36.9 Å². The highest BCUT2D eigenvalue weighted by Crippen LogP contribution is 2.07. The molecule has 2 N–H and O–H groups in total. The number of nitrogens with one attached hydrogen (secondary N) is 2. The number of benzene rings is 1. The van der Waals surface area contributed by atoms with E-state index in [4.69, 9.17) is 0 Å². The summed E-state index contributed by atoms with van der Waals surface area (Å²) in [6.07, 6.45) is 3.64. The van der Waals surface area contributed by atoms with E-state index in [1.807, 2.05) is 31.3 Å². The SMILES string of the molecule is CNCCC(=O)NCc1ccc(-n2cncn2)cc1. The summed E-state index contributed by atoms with van der Waals surface area (Å²) < 4.78 is 1.69. The molecule has 0 aliphatic carbocycles. The molecule has 1 aromatic carbocycles. The zero-order valence-electron chi connectivity index (χ0n) is 10.8. The van der Waals surface area contributed by atoms with Gasteiger partial charge in [-0.05, 0) is 24.7 Å². The second-order valence-electron chi connectivity index (χ2n) is 4.14. The van der Waals surface area contributed by atoms with Gasteiger partial charge in [0.05, 0.1) is 5.69 Å². The molecule has 19 heavy (non-hydrogen) atoms. The molecule has 1 aromatic heterocycles. The average Bonchev–Trinajstić information content (AvgIpc) is 2.97. The van der Waals surface area contributed by atoms with Gasteiger partial charge in [-0.15, -0.1) is 0 Å². The molecule has 0 saturated heterocycles. The van der Waals surface area contributed by atoms with Crippen molar-refractivity contribution < 1.29 is 4.79 Å². The molecular weight excluding hydrogens is 242 g/mol. The summed E-state index contributed by atoms with van der Waals surface area (Å²) in [5.74, 6) is 0.0507. The van der Waals surface area contributed by atoms with Gasteiger partial charge in [0.25, 0.3) is 0 Å². The van der Waals surface area contributed by atoms with Gasteiger partial charge >= 0.3 is 0 Å². The molecule has 2 aromatic rings. The van der Waals surface area contributed by atoms with E-state index < -0.39 is 0 Å². The molecule has 0 aliphatic rings. The molecule has 1 heterocycles. The minimum absolute atomic E-state index is 0.0507. The number of carbonyl (C=O) groups is 1. The highest BCUT2D eigenvalue weighted by molar-refractivity contribution is 5.76. The second-order valence-corrected chi connectivity index (χ2v) is 4.14. The van der Waals surface area contributed by atoms with Crippen molar-refractivity contribution in [3.8, 4) is 5.69 Å². The smallest absolute Gasteiger partial charge is 0.221 e. The lowest BCUT2D eigenvalue weighted by molar-refractivity contribution is -0.121.